The van der Waals surface area contributed by atoms with Crippen LogP contribution in [0.5, 0.6) is 5.88 Å². The molecule has 1 fully saturated rings. The van der Waals surface area contributed by atoms with E-state index < -0.39 is 15.9 Å². The van der Waals surface area contributed by atoms with E-state index in [1.807, 2.05) is 11.4 Å². The Kier molecular flexibility index (Phi) is 5.95. The molecule has 30 heavy (non-hydrogen) atoms. The summed E-state index contributed by atoms with van der Waals surface area (Å²) in [6.07, 6.45) is 1.38. The number of sulfonamides is 1. The highest BCUT2D eigenvalue weighted by molar-refractivity contribution is 7.89. The van der Waals surface area contributed by atoms with Gasteiger partial charge in [0.2, 0.25) is 15.9 Å². The van der Waals surface area contributed by atoms with Gasteiger partial charge in [0.1, 0.15) is 11.2 Å². The van der Waals surface area contributed by atoms with Crippen molar-refractivity contribution in [3.8, 4) is 5.88 Å². The highest BCUT2D eigenvalue weighted by Gasteiger charge is 2.28. The largest absolute Gasteiger partial charge is 0.467 e. The van der Waals surface area contributed by atoms with Gasteiger partial charge in [0.15, 0.2) is 6.61 Å². The number of amides is 1. The molecule has 3 heterocycles. The van der Waals surface area contributed by atoms with Gasteiger partial charge in [-0.25, -0.2) is 18.4 Å². The lowest BCUT2D eigenvalue weighted by Crippen LogP contribution is -2.40. The number of rotatable bonds is 6. The number of ether oxygens (including phenoxy) is 2. The number of morpholine rings is 1. The lowest BCUT2D eigenvalue weighted by atomic mass is 10.2. The van der Waals surface area contributed by atoms with Gasteiger partial charge >= 0.3 is 0 Å². The summed E-state index contributed by atoms with van der Waals surface area (Å²) in [5.41, 5.74) is 0.987. The topological polar surface area (TPSA) is 111 Å². The molecule has 11 heteroatoms. The maximum atomic E-state index is 13.0. The van der Waals surface area contributed by atoms with Gasteiger partial charge < -0.3 is 14.8 Å². The highest BCUT2D eigenvalue weighted by atomic mass is 32.2. The molecule has 1 aliphatic heterocycles. The molecule has 0 aliphatic carbocycles. The van der Waals surface area contributed by atoms with Crippen LogP contribution in [0.25, 0.3) is 10.2 Å². The smallest absolute Gasteiger partial charge is 0.262 e. The molecule has 158 valence electrons. The molecule has 0 atom stereocenters. The number of carbonyl (C=O) groups excluding carboxylic acids is 1. The average Bonchev–Trinajstić information content (AvgIpc) is 3.23. The number of benzene rings is 1. The van der Waals surface area contributed by atoms with E-state index in [1.165, 1.54) is 28.0 Å². The average molecular weight is 449 g/mol. The van der Waals surface area contributed by atoms with E-state index in [0.717, 1.165) is 10.2 Å². The van der Waals surface area contributed by atoms with E-state index in [4.69, 9.17) is 9.47 Å². The Hall–Kier alpha value is -2.60. The van der Waals surface area contributed by atoms with Crippen LogP contribution in [-0.2, 0) is 19.6 Å². The number of nitrogens with zero attached hydrogens (tertiary/aromatic N) is 3. The normalized spacial score (nSPS) is 15.2. The van der Waals surface area contributed by atoms with Crippen LogP contribution in [0.2, 0.25) is 0 Å². The maximum Gasteiger partial charge on any atom is 0.262 e. The summed E-state index contributed by atoms with van der Waals surface area (Å²) in [6.45, 7) is 2.81. The fourth-order valence-electron chi connectivity index (χ4n) is 3.10. The zero-order chi connectivity index (χ0) is 21.1. The first kappa shape index (κ1) is 20.7. The second-order valence-corrected chi connectivity index (χ2v) is 9.45. The van der Waals surface area contributed by atoms with Crippen molar-refractivity contribution in [2.24, 2.45) is 0 Å². The third-order valence-electron chi connectivity index (χ3n) is 4.62. The van der Waals surface area contributed by atoms with Crippen LogP contribution in [0.15, 0.2) is 40.9 Å². The Morgan fingerprint density at radius 3 is 2.87 bits per heavy atom. The third kappa shape index (κ3) is 4.29. The number of fused-ring (bicyclic) bond motifs is 1. The minimum atomic E-state index is -3.67. The van der Waals surface area contributed by atoms with Gasteiger partial charge in [0.25, 0.3) is 5.91 Å². The van der Waals surface area contributed by atoms with Gasteiger partial charge in [-0.05, 0) is 36.1 Å². The zero-order valence-electron chi connectivity index (χ0n) is 16.2. The van der Waals surface area contributed by atoms with Crippen molar-refractivity contribution < 1.29 is 22.7 Å². The van der Waals surface area contributed by atoms with Crippen LogP contribution >= 0.6 is 11.3 Å². The van der Waals surface area contributed by atoms with Crippen molar-refractivity contribution in [1.29, 1.82) is 0 Å². The molecule has 0 saturated carbocycles. The lowest BCUT2D eigenvalue weighted by molar-refractivity contribution is -0.118. The summed E-state index contributed by atoms with van der Waals surface area (Å²) >= 11 is 1.45. The van der Waals surface area contributed by atoms with Crippen molar-refractivity contribution in [3.05, 3.63) is 41.5 Å². The maximum absolute atomic E-state index is 13.0. The predicted octanol–water partition coefficient (Wildman–Crippen LogP) is 2.04. The van der Waals surface area contributed by atoms with Gasteiger partial charge in [-0.15, -0.1) is 11.3 Å². The molecule has 0 unspecified atom stereocenters. The minimum absolute atomic E-state index is 0.166. The fourth-order valence-corrected chi connectivity index (χ4v) is 5.48. The summed E-state index contributed by atoms with van der Waals surface area (Å²) < 4.78 is 38.1. The Balaban J connectivity index is 1.46. The number of nitrogens with one attached hydrogen (secondary N) is 1. The Labute approximate surface area is 177 Å². The molecule has 1 N–H and O–H groups in total. The summed E-state index contributed by atoms with van der Waals surface area (Å²) in [6, 6.07) is 6.63. The molecule has 0 radical (unpaired) electrons. The summed E-state index contributed by atoms with van der Waals surface area (Å²) in [5.74, 6) is -0.0912. The predicted molar refractivity (Wildman–Crippen MR) is 112 cm³/mol. The van der Waals surface area contributed by atoms with Crippen molar-refractivity contribution >= 4 is 43.2 Å². The van der Waals surface area contributed by atoms with Crippen molar-refractivity contribution in [1.82, 2.24) is 14.3 Å². The number of aromatic nitrogens is 2. The van der Waals surface area contributed by atoms with Crippen LogP contribution in [0, 0.1) is 6.92 Å². The molecule has 3 aromatic rings. The first-order valence-electron chi connectivity index (χ1n) is 9.24. The zero-order valence-corrected chi connectivity index (χ0v) is 17.8. The van der Waals surface area contributed by atoms with E-state index >= 15 is 0 Å². The summed E-state index contributed by atoms with van der Waals surface area (Å²) in [5, 5.41) is 5.29. The van der Waals surface area contributed by atoms with Crippen LogP contribution in [0.4, 0.5) is 5.69 Å². The Morgan fingerprint density at radius 2 is 2.07 bits per heavy atom. The minimum Gasteiger partial charge on any atom is -0.467 e. The number of aryl methyl sites for hydroxylation is 1. The van der Waals surface area contributed by atoms with Gasteiger partial charge in [-0.2, -0.15) is 4.31 Å². The summed E-state index contributed by atoms with van der Waals surface area (Å²) in [4.78, 5) is 21.5. The van der Waals surface area contributed by atoms with E-state index in [1.54, 1.807) is 19.1 Å². The van der Waals surface area contributed by atoms with E-state index in [-0.39, 0.29) is 11.5 Å². The molecular weight excluding hydrogens is 428 g/mol. The standard InChI is InChI=1S/C19H20N4O5S2/c1-13-2-3-14(10-16(13)30(25,26)23-5-7-27-8-6-23)22-17(24)11-28-18-15-4-9-29-19(15)21-12-20-18/h2-4,9-10,12H,5-8,11H2,1H3,(H,22,24). The highest BCUT2D eigenvalue weighted by Crippen LogP contribution is 2.26. The second kappa shape index (κ2) is 8.64. The molecule has 0 bridgehead atoms. The van der Waals surface area contributed by atoms with Gasteiger partial charge in [0, 0.05) is 18.8 Å². The van der Waals surface area contributed by atoms with E-state index in [9.17, 15) is 13.2 Å². The Bertz CT molecular complexity index is 1170. The van der Waals surface area contributed by atoms with Crippen LogP contribution in [0.3, 0.4) is 0 Å². The molecule has 1 aliphatic rings. The quantitative estimate of drug-likeness (QED) is 0.614. The third-order valence-corrected chi connectivity index (χ3v) is 7.49. The molecule has 2 aromatic heterocycles. The van der Waals surface area contributed by atoms with E-state index in [2.05, 4.69) is 15.3 Å². The monoisotopic (exact) mass is 448 g/mol. The number of thiophene rings is 1. The number of hydrogen-bond acceptors (Lipinski definition) is 8. The van der Waals surface area contributed by atoms with Crippen molar-refractivity contribution in [2.45, 2.75) is 11.8 Å². The SMILES string of the molecule is Cc1ccc(NC(=O)COc2ncnc3sccc23)cc1S(=O)(=O)N1CCOCC1. The number of anilines is 1. The Morgan fingerprint density at radius 1 is 1.27 bits per heavy atom. The first-order chi connectivity index (χ1) is 14.4. The second-order valence-electron chi connectivity index (χ2n) is 6.65. The van der Waals surface area contributed by atoms with Crippen molar-refractivity contribution in [2.75, 3.05) is 38.2 Å². The molecule has 1 aromatic carbocycles. The lowest BCUT2D eigenvalue weighted by Gasteiger charge is -2.26. The molecule has 0 spiro atoms. The van der Waals surface area contributed by atoms with Crippen LogP contribution < -0.4 is 10.1 Å². The van der Waals surface area contributed by atoms with Crippen LogP contribution in [-0.4, -0.2) is 61.5 Å². The molecule has 1 amide bonds. The molecule has 9 nitrogen and oxygen atoms in total. The number of carbonyl (C=O) groups is 1. The summed E-state index contributed by atoms with van der Waals surface area (Å²) in [7, 11) is -3.67. The van der Waals surface area contributed by atoms with E-state index in [0.29, 0.717) is 43.4 Å². The molecular formula is C19H20N4O5S2. The van der Waals surface area contributed by atoms with Gasteiger partial charge in [-0.3, -0.25) is 4.79 Å². The fraction of sp³-hybridized carbons (Fsp3) is 0.316. The molecule has 1 saturated heterocycles. The van der Waals surface area contributed by atoms with Gasteiger partial charge in [-0.1, -0.05) is 6.07 Å². The molecule has 4 rings (SSSR count). The first-order valence-corrected chi connectivity index (χ1v) is 11.6. The number of hydrogen-bond donors (Lipinski definition) is 1. The van der Waals surface area contributed by atoms with Crippen LogP contribution in [0.1, 0.15) is 5.56 Å². The van der Waals surface area contributed by atoms with Gasteiger partial charge in [0.05, 0.1) is 23.5 Å². The van der Waals surface area contributed by atoms with Crippen molar-refractivity contribution in [3.63, 3.8) is 0 Å².